The Labute approximate surface area is 53.9 Å². The van der Waals surface area contributed by atoms with E-state index in [0.717, 1.165) is 0 Å². The molecule has 0 aliphatic heterocycles. The van der Waals surface area contributed by atoms with Crippen molar-refractivity contribution in [3.05, 3.63) is 0 Å². The zero-order valence-electron chi connectivity index (χ0n) is 1.65. The first kappa shape index (κ1) is 68.6. The molecule has 0 fully saturated rings. The molecule has 0 atom stereocenters. The van der Waals surface area contributed by atoms with Crippen molar-refractivity contribution < 1.29 is 38.2 Å². The SMILES string of the molecule is C.O.[B].[Y]. The van der Waals surface area contributed by atoms with Gasteiger partial charge in [0.2, 0.25) is 0 Å². The van der Waals surface area contributed by atoms with Crippen molar-refractivity contribution in [2.24, 2.45) is 0 Å². The molecule has 4 heavy (non-hydrogen) atoms. The Balaban J connectivity index is 0. The minimum atomic E-state index is 0. The summed E-state index contributed by atoms with van der Waals surface area (Å²) in [4.78, 5) is 0. The Morgan fingerprint density at radius 1 is 1.00 bits per heavy atom. The summed E-state index contributed by atoms with van der Waals surface area (Å²) in [5.74, 6) is 0. The Morgan fingerprint density at radius 3 is 1.00 bits per heavy atom. The minimum Gasteiger partial charge on any atom is -0.412 e. The Morgan fingerprint density at radius 2 is 1.00 bits per heavy atom. The summed E-state index contributed by atoms with van der Waals surface area (Å²) in [5.41, 5.74) is 0. The Hall–Kier alpha value is 1.13. The van der Waals surface area contributed by atoms with Gasteiger partial charge < -0.3 is 5.48 Å². The summed E-state index contributed by atoms with van der Waals surface area (Å²) in [6.45, 7) is 0. The second-order valence-electron chi connectivity index (χ2n) is 0. The van der Waals surface area contributed by atoms with Gasteiger partial charge >= 0.3 is 0 Å². The predicted octanol–water partition coefficient (Wildman–Crippen LogP) is -0.572. The Bertz CT molecular complexity index is 8.00. The first-order valence-electron chi connectivity index (χ1n) is 0. The number of rotatable bonds is 0. The normalized spacial score (nSPS) is 0. The summed E-state index contributed by atoms with van der Waals surface area (Å²) in [6.07, 6.45) is 0. The van der Waals surface area contributed by atoms with Crippen LogP contribution in [0.3, 0.4) is 0 Å². The molecule has 2 N–H and O–H groups in total. The number of hydrogen-bond acceptors (Lipinski definition) is 0. The molecule has 4 radical (unpaired) electrons. The van der Waals surface area contributed by atoms with E-state index in [1.54, 1.807) is 0 Å². The second kappa shape index (κ2) is 31.7. The maximum Gasteiger partial charge on any atom is 0 e. The molecular weight excluding hydrogens is 128 g/mol. The molecule has 0 unspecified atom stereocenters. The van der Waals surface area contributed by atoms with E-state index >= 15 is 0 Å². The third-order valence-electron chi connectivity index (χ3n) is 0. The van der Waals surface area contributed by atoms with Crippen molar-refractivity contribution in [2.75, 3.05) is 0 Å². The van der Waals surface area contributed by atoms with E-state index in [1.807, 2.05) is 0 Å². The fraction of sp³-hybridized carbons (Fsp3) is 1.00. The third kappa shape index (κ3) is 11.1. The van der Waals surface area contributed by atoms with Crippen molar-refractivity contribution in [3.8, 4) is 0 Å². The van der Waals surface area contributed by atoms with Crippen LogP contribution in [0.25, 0.3) is 0 Å². The Kier molecular flexibility index (Phi) is 544. The molecule has 0 amide bonds. The first-order chi connectivity index (χ1) is 0. The van der Waals surface area contributed by atoms with Crippen LogP contribution in [-0.4, -0.2) is 13.9 Å². The van der Waals surface area contributed by atoms with Crippen molar-refractivity contribution in [1.82, 2.24) is 0 Å². The summed E-state index contributed by atoms with van der Waals surface area (Å²) in [5, 5.41) is 0. The van der Waals surface area contributed by atoms with Crippen LogP contribution in [0.5, 0.6) is 0 Å². The van der Waals surface area contributed by atoms with Gasteiger partial charge in [-0.15, -0.1) is 0 Å². The third-order valence-corrected chi connectivity index (χ3v) is 0. The van der Waals surface area contributed by atoms with Crippen molar-refractivity contribution in [3.63, 3.8) is 0 Å². The van der Waals surface area contributed by atoms with Gasteiger partial charge in [0, 0.05) is 41.1 Å². The van der Waals surface area contributed by atoms with Crippen molar-refractivity contribution in [2.45, 2.75) is 7.43 Å². The van der Waals surface area contributed by atoms with Gasteiger partial charge in [-0.2, -0.15) is 0 Å². The molecule has 0 spiro atoms. The molecule has 22 valence electrons. The maximum atomic E-state index is 0. The van der Waals surface area contributed by atoms with E-state index in [4.69, 9.17) is 0 Å². The quantitative estimate of drug-likeness (QED) is 0.397. The molecule has 0 aromatic heterocycles. The van der Waals surface area contributed by atoms with Crippen LogP contribution in [0, 0.1) is 0 Å². The molecule has 0 heterocycles. The topological polar surface area (TPSA) is 31.5 Å². The standard InChI is InChI=1S/CH4.B.H2O.Y/h1H4;;1H2;. The van der Waals surface area contributed by atoms with Gasteiger partial charge in [-0.1, -0.05) is 7.43 Å². The number of hydrogen-bond donors (Lipinski definition) is 0. The zero-order chi connectivity index (χ0) is 0. The second-order valence-corrected chi connectivity index (χ2v) is 0. The molecule has 0 aromatic rings. The fourth-order valence-corrected chi connectivity index (χ4v) is 0. The van der Waals surface area contributed by atoms with Gasteiger partial charge in [0.05, 0.1) is 0 Å². The van der Waals surface area contributed by atoms with Gasteiger partial charge in [-0.25, -0.2) is 0 Å². The van der Waals surface area contributed by atoms with Gasteiger partial charge in [0.1, 0.15) is 0 Å². The molecular formula is CH6BOY. The summed E-state index contributed by atoms with van der Waals surface area (Å²) in [7, 11) is 0. The van der Waals surface area contributed by atoms with Crippen LogP contribution >= 0.6 is 0 Å². The molecule has 0 saturated carbocycles. The molecule has 0 aliphatic rings. The van der Waals surface area contributed by atoms with Gasteiger partial charge in [-0.05, 0) is 0 Å². The van der Waals surface area contributed by atoms with Crippen LogP contribution in [0.1, 0.15) is 7.43 Å². The average Bonchev–Trinajstić information content (AvgIpc) is 0. The fourth-order valence-electron chi connectivity index (χ4n) is 0. The van der Waals surface area contributed by atoms with Gasteiger partial charge in [-0.3, -0.25) is 0 Å². The van der Waals surface area contributed by atoms with E-state index in [-0.39, 0.29) is 54.0 Å². The van der Waals surface area contributed by atoms with Crippen LogP contribution in [0.2, 0.25) is 0 Å². The summed E-state index contributed by atoms with van der Waals surface area (Å²) < 4.78 is 0. The monoisotopic (exact) mass is 134 g/mol. The largest absolute Gasteiger partial charge is 0.412 e. The summed E-state index contributed by atoms with van der Waals surface area (Å²) >= 11 is 0. The van der Waals surface area contributed by atoms with Crippen molar-refractivity contribution in [1.29, 1.82) is 0 Å². The van der Waals surface area contributed by atoms with E-state index < -0.39 is 0 Å². The van der Waals surface area contributed by atoms with E-state index in [9.17, 15) is 0 Å². The molecule has 0 saturated heterocycles. The molecule has 0 aromatic carbocycles. The predicted molar refractivity (Wildman–Crippen MR) is 16.1 cm³/mol. The minimum absolute atomic E-state index is 0. The zero-order valence-corrected chi connectivity index (χ0v) is 4.49. The van der Waals surface area contributed by atoms with Crippen LogP contribution in [0.15, 0.2) is 0 Å². The van der Waals surface area contributed by atoms with Gasteiger partial charge in [0.25, 0.3) is 0 Å². The maximum absolute atomic E-state index is 0. The smallest absolute Gasteiger partial charge is 0 e. The van der Waals surface area contributed by atoms with E-state index in [1.165, 1.54) is 0 Å². The van der Waals surface area contributed by atoms with E-state index in [2.05, 4.69) is 0 Å². The molecule has 0 bridgehead atoms. The van der Waals surface area contributed by atoms with Crippen LogP contribution in [0.4, 0.5) is 0 Å². The molecule has 0 rings (SSSR count). The molecule has 0 aliphatic carbocycles. The van der Waals surface area contributed by atoms with Crippen LogP contribution in [-0.2, 0) is 32.7 Å². The molecule has 1 nitrogen and oxygen atoms in total. The van der Waals surface area contributed by atoms with E-state index in [0.29, 0.717) is 0 Å². The first-order valence-corrected chi connectivity index (χ1v) is 0. The van der Waals surface area contributed by atoms with Crippen LogP contribution < -0.4 is 0 Å². The summed E-state index contributed by atoms with van der Waals surface area (Å²) in [6, 6.07) is 0. The van der Waals surface area contributed by atoms with Crippen molar-refractivity contribution >= 4 is 8.41 Å². The average molecular weight is 134 g/mol. The van der Waals surface area contributed by atoms with Gasteiger partial charge in [0.15, 0.2) is 0 Å². The molecule has 3 heteroatoms.